The molecule has 0 bridgehead atoms. The van der Waals surface area contributed by atoms with E-state index in [4.69, 9.17) is 11.6 Å². The molecule has 0 radical (unpaired) electrons. The second kappa shape index (κ2) is 5.26. The summed E-state index contributed by atoms with van der Waals surface area (Å²) in [7, 11) is -3.31. The lowest BCUT2D eigenvalue weighted by Gasteiger charge is -2.31. The Balaban J connectivity index is 2.28. The Bertz CT molecular complexity index is 483. The first-order valence-corrected chi connectivity index (χ1v) is 8.56. The molecule has 0 spiro atoms. The van der Waals surface area contributed by atoms with Crippen molar-refractivity contribution in [2.45, 2.75) is 42.3 Å². The first-order valence-electron chi connectivity index (χ1n) is 5.71. The van der Waals surface area contributed by atoms with E-state index < -0.39 is 10.0 Å². The highest BCUT2D eigenvalue weighted by Gasteiger charge is 2.31. The lowest BCUT2D eigenvalue weighted by atomic mass is 10.1. The van der Waals surface area contributed by atoms with Crippen LogP contribution in [0.15, 0.2) is 15.7 Å². The van der Waals surface area contributed by atoms with Gasteiger partial charge in [0, 0.05) is 18.5 Å². The minimum absolute atomic E-state index is 0.107. The van der Waals surface area contributed by atoms with Crippen LogP contribution in [0.4, 0.5) is 0 Å². The van der Waals surface area contributed by atoms with Crippen LogP contribution in [0.5, 0.6) is 0 Å². The minimum atomic E-state index is -3.31. The molecule has 0 saturated carbocycles. The first kappa shape index (κ1) is 13.3. The van der Waals surface area contributed by atoms with Crippen LogP contribution in [0.2, 0.25) is 0 Å². The maximum atomic E-state index is 12.4. The Hall–Kier alpha value is -0.100. The van der Waals surface area contributed by atoms with E-state index in [9.17, 15) is 8.42 Å². The van der Waals surface area contributed by atoms with Crippen LogP contribution < -0.4 is 0 Å². The molecule has 0 aliphatic carbocycles. The fourth-order valence-corrected chi connectivity index (χ4v) is 5.39. The summed E-state index contributed by atoms with van der Waals surface area (Å²) in [5, 5.41) is 1.81. The number of rotatable bonds is 3. The Morgan fingerprint density at radius 1 is 1.53 bits per heavy atom. The SMILES string of the molecule is CC1CCCCN1S(=O)(=O)c1cc(CCl)cs1. The molecule has 1 unspecified atom stereocenters. The van der Waals surface area contributed by atoms with E-state index in [-0.39, 0.29) is 6.04 Å². The van der Waals surface area contributed by atoms with Crippen molar-refractivity contribution >= 4 is 33.0 Å². The zero-order valence-corrected chi connectivity index (χ0v) is 12.1. The van der Waals surface area contributed by atoms with E-state index in [1.54, 1.807) is 10.4 Å². The molecule has 17 heavy (non-hydrogen) atoms. The third-order valence-electron chi connectivity index (χ3n) is 3.09. The van der Waals surface area contributed by atoms with Crippen molar-refractivity contribution in [3.8, 4) is 0 Å². The van der Waals surface area contributed by atoms with E-state index >= 15 is 0 Å². The zero-order valence-electron chi connectivity index (χ0n) is 9.73. The first-order chi connectivity index (χ1) is 8.05. The normalized spacial score (nSPS) is 22.8. The fraction of sp³-hybridized carbons (Fsp3) is 0.636. The summed E-state index contributed by atoms with van der Waals surface area (Å²) in [4.78, 5) is 0. The Morgan fingerprint density at radius 3 is 2.88 bits per heavy atom. The topological polar surface area (TPSA) is 37.4 Å². The molecule has 1 fully saturated rings. The van der Waals surface area contributed by atoms with Gasteiger partial charge in [-0.2, -0.15) is 4.31 Å². The molecule has 0 N–H and O–H groups in total. The van der Waals surface area contributed by atoms with Gasteiger partial charge in [-0.1, -0.05) is 6.42 Å². The molecule has 3 nitrogen and oxygen atoms in total. The molecule has 0 amide bonds. The Labute approximate surface area is 111 Å². The van der Waals surface area contributed by atoms with Crippen molar-refractivity contribution in [1.82, 2.24) is 4.31 Å². The van der Waals surface area contributed by atoms with Crippen molar-refractivity contribution in [1.29, 1.82) is 0 Å². The highest BCUT2D eigenvalue weighted by molar-refractivity contribution is 7.91. The standard InChI is InChI=1S/C11H16ClNO2S2/c1-9-4-2-3-5-13(9)17(14,15)11-6-10(7-12)8-16-11/h6,8-9H,2-5,7H2,1H3. The quantitative estimate of drug-likeness (QED) is 0.803. The van der Waals surface area contributed by atoms with Gasteiger partial charge < -0.3 is 0 Å². The smallest absolute Gasteiger partial charge is 0.206 e. The Morgan fingerprint density at radius 2 is 2.29 bits per heavy atom. The van der Waals surface area contributed by atoms with E-state index in [0.29, 0.717) is 16.6 Å². The molecule has 1 aliphatic heterocycles. The van der Waals surface area contributed by atoms with Crippen LogP contribution in [0.3, 0.4) is 0 Å². The van der Waals surface area contributed by atoms with Crippen LogP contribution in [-0.4, -0.2) is 25.3 Å². The molecule has 2 rings (SSSR count). The molecule has 1 saturated heterocycles. The van der Waals surface area contributed by atoms with Gasteiger partial charge in [-0.15, -0.1) is 22.9 Å². The van der Waals surface area contributed by atoms with Crippen LogP contribution in [0, 0.1) is 0 Å². The molecular weight excluding hydrogens is 278 g/mol. The summed E-state index contributed by atoms with van der Waals surface area (Å²) in [5.74, 6) is 0.363. The van der Waals surface area contributed by atoms with Gasteiger partial charge in [-0.05, 0) is 36.8 Å². The number of sulfonamides is 1. The molecule has 0 aromatic carbocycles. The predicted molar refractivity (Wildman–Crippen MR) is 71.1 cm³/mol. The molecule has 96 valence electrons. The van der Waals surface area contributed by atoms with Gasteiger partial charge in [-0.3, -0.25) is 0 Å². The number of thiophene rings is 1. The summed E-state index contributed by atoms with van der Waals surface area (Å²) < 4.78 is 26.9. The maximum absolute atomic E-state index is 12.4. The number of hydrogen-bond acceptors (Lipinski definition) is 3. The number of nitrogens with zero attached hydrogens (tertiary/aromatic N) is 1. The average Bonchev–Trinajstić information content (AvgIpc) is 2.78. The monoisotopic (exact) mass is 293 g/mol. The molecular formula is C11H16ClNO2S2. The second-order valence-electron chi connectivity index (χ2n) is 4.37. The molecule has 6 heteroatoms. The van der Waals surface area contributed by atoms with Crippen LogP contribution in [0.1, 0.15) is 31.7 Å². The van der Waals surface area contributed by atoms with Gasteiger partial charge in [0.1, 0.15) is 4.21 Å². The van der Waals surface area contributed by atoms with Crippen molar-refractivity contribution < 1.29 is 8.42 Å². The lowest BCUT2D eigenvalue weighted by molar-refractivity contribution is 0.269. The summed E-state index contributed by atoms with van der Waals surface area (Å²) >= 11 is 6.97. The molecule has 1 aliphatic rings. The predicted octanol–water partition coefficient (Wildman–Crippen LogP) is 3.05. The van der Waals surface area contributed by atoms with Crippen molar-refractivity contribution in [2.24, 2.45) is 0 Å². The number of halogens is 1. The van der Waals surface area contributed by atoms with E-state index in [0.717, 1.165) is 24.8 Å². The maximum Gasteiger partial charge on any atom is 0.252 e. The van der Waals surface area contributed by atoms with E-state index in [1.807, 2.05) is 12.3 Å². The molecule has 1 aromatic heterocycles. The number of alkyl halides is 1. The minimum Gasteiger partial charge on any atom is -0.206 e. The van der Waals surface area contributed by atoms with Crippen molar-refractivity contribution in [3.05, 3.63) is 17.0 Å². The van der Waals surface area contributed by atoms with Gasteiger partial charge in [0.25, 0.3) is 10.0 Å². The van der Waals surface area contributed by atoms with Gasteiger partial charge in [0.15, 0.2) is 0 Å². The Kier molecular flexibility index (Phi) is 4.13. The highest BCUT2D eigenvalue weighted by Crippen LogP contribution is 2.29. The summed E-state index contributed by atoms with van der Waals surface area (Å²) in [6.07, 6.45) is 3.02. The second-order valence-corrected chi connectivity index (χ2v) is 7.66. The van der Waals surface area contributed by atoms with Gasteiger partial charge in [-0.25, -0.2) is 8.42 Å². The zero-order chi connectivity index (χ0) is 12.5. The molecule has 1 aromatic rings. The lowest BCUT2D eigenvalue weighted by Crippen LogP contribution is -2.41. The van der Waals surface area contributed by atoms with E-state index in [1.165, 1.54) is 11.3 Å². The largest absolute Gasteiger partial charge is 0.252 e. The third kappa shape index (κ3) is 2.67. The van der Waals surface area contributed by atoms with Crippen molar-refractivity contribution in [3.63, 3.8) is 0 Å². The number of hydrogen-bond donors (Lipinski definition) is 0. The van der Waals surface area contributed by atoms with Crippen LogP contribution in [-0.2, 0) is 15.9 Å². The van der Waals surface area contributed by atoms with Gasteiger partial charge in [0.05, 0.1) is 0 Å². The van der Waals surface area contributed by atoms with E-state index in [2.05, 4.69) is 0 Å². The molecule has 1 atom stereocenters. The fourth-order valence-electron chi connectivity index (χ4n) is 2.10. The summed E-state index contributed by atoms with van der Waals surface area (Å²) in [6, 6.07) is 1.80. The third-order valence-corrected chi connectivity index (χ3v) is 6.88. The van der Waals surface area contributed by atoms with Crippen LogP contribution in [0.25, 0.3) is 0 Å². The van der Waals surface area contributed by atoms with Crippen LogP contribution >= 0.6 is 22.9 Å². The van der Waals surface area contributed by atoms with Crippen molar-refractivity contribution in [2.75, 3.05) is 6.54 Å². The average molecular weight is 294 g/mol. The number of piperidine rings is 1. The highest BCUT2D eigenvalue weighted by atomic mass is 35.5. The molecule has 2 heterocycles. The van der Waals surface area contributed by atoms with Gasteiger partial charge in [0.2, 0.25) is 0 Å². The summed E-state index contributed by atoms with van der Waals surface area (Å²) in [5.41, 5.74) is 0.875. The van der Waals surface area contributed by atoms with Gasteiger partial charge >= 0.3 is 0 Å². The summed E-state index contributed by atoms with van der Waals surface area (Å²) in [6.45, 7) is 2.62.